The number of aliphatic hydroxyl groups is 1. The number of anilines is 4. The molecule has 0 saturated heterocycles. The van der Waals surface area contributed by atoms with Crippen molar-refractivity contribution < 1.29 is 14.6 Å². The Morgan fingerprint density at radius 3 is 2.44 bits per heavy atom. The van der Waals surface area contributed by atoms with Crippen LogP contribution in [0.2, 0.25) is 0 Å². The van der Waals surface area contributed by atoms with E-state index in [0.29, 0.717) is 42.4 Å². The van der Waals surface area contributed by atoms with Gasteiger partial charge >= 0.3 is 0 Å². The molecule has 0 atom stereocenters. The summed E-state index contributed by atoms with van der Waals surface area (Å²) in [7, 11) is 3.99. The summed E-state index contributed by atoms with van der Waals surface area (Å²) in [5.41, 5.74) is 2.49. The number of nitrogens with one attached hydrogen (secondary N) is 1. The van der Waals surface area contributed by atoms with Crippen molar-refractivity contribution in [3.63, 3.8) is 0 Å². The Balaban J connectivity index is 0.00000193. The predicted molar refractivity (Wildman–Crippen MR) is 199 cm³/mol. The number of benzene rings is 1. The lowest BCUT2D eigenvalue weighted by Gasteiger charge is -2.38. The minimum atomic E-state index is -1.19. The van der Waals surface area contributed by atoms with Crippen molar-refractivity contribution in [3.8, 4) is 0 Å². The first-order valence-corrected chi connectivity index (χ1v) is 16.6. The van der Waals surface area contributed by atoms with Crippen LogP contribution >= 0.6 is 0 Å². The molecule has 1 aliphatic rings. The molecular weight excluding hydrogens is 606 g/mol. The van der Waals surface area contributed by atoms with E-state index in [1.165, 1.54) is 10.6 Å². The first-order chi connectivity index (χ1) is 22.8. The van der Waals surface area contributed by atoms with E-state index >= 15 is 0 Å². The number of hydrogen-bond donors (Lipinski definition) is 2. The van der Waals surface area contributed by atoms with Crippen molar-refractivity contribution in [2.75, 3.05) is 55.5 Å². The topological polar surface area (TPSA) is 116 Å². The van der Waals surface area contributed by atoms with Gasteiger partial charge in [-0.15, -0.1) is 0 Å². The standard InChI is InChI=1S/C33H43N7O4.2C2H6/c1-9-28(41)39-16-15-38(26-12-10-11-22(2)29(26)39)27-19-25-20-34-32(36-30(25)40(31(27)42)21-33(5,6)43)35-23(3)13-14-24(4)44-18-17-37(7)8;2*1-2/h9-14,19-20,43H,1,15-18,21H2,2-8H3,(H,34,35,36);2*1-2H3/b23-13+,24-14+;;. The highest BCUT2D eigenvalue weighted by atomic mass is 16.5. The zero-order valence-corrected chi connectivity index (χ0v) is 30.7. The van der Waals surface area contributed by atoms with Crippen LogP contribution in [0.25, 0.3) is 11.0 Å². The maximum Gasteiger partial charge on any atom is 0.276 e. The minimum absolute atomic E-state index is 0.0171. The number of amides is 1. The summed E-state index contributed by atoms with van der Waals surface area (Å²) >= 11 is 0. The average molecular weight is 662 g/mol. The Hall–Kier alpha value is -4.48. The second-order valence-electron chi connectivity index (χ2n) is 11.9. The number of rotatable bonds is 11. The summed E-state index contributed by atoms with van der Waals surface area (Å²) in [6, 6.07) is 7.52. The highest BCUT2D eigenvalue weighted by Crippen LogP contribution is 2.39. The van der Waals surface area contributed by atoms with Gasteiger partial charge in [0.25, 0.3) is 11.5 Å². The normalized spacial score (nSPS) is 13.3. The van der Waals surface area contributed by atoms with Crippen molar-refractivity contribution in [1.29, 1.82) is 0 Å². The maximum atomic E-state index is 14.2. The van der Waals surface area contributed by atoms with Gasteiger partial charge in [-0.3, -0.25) is 14.2 Å². The third-order valence-corrected chi connectivity index (χ3v) is 7.15. The highest BCUT2D eigenvalue weighted by Gasteiger charge is 2.30. The zero-order chi connectivity index (χ0) is 36.2. The molecule has 0 spiro atoms. The molecule has 11 nitrogen and oxygen atoms in total. The fourth-order valence-corrected chi connectivity index (χ4v) is 5.05. The van der Waals surface area contributed by atoms with Gasteiger partial charge in [-0.2, -0.15) is 4.98 Å². The number of carbonyl (C=O) groups excluding carboxylic acids is 1. The first-order valence-electron chi connectivity index (χ1n) is 16.6. The number of para-hydroxylation sites is 1. The lowest BCUT2D eigenvalue weighted by atomic mass is 10.1. The number of hydrogen-bond acceptors (Lipinski definition) is 9. The number of allylic oxidation sites excluding steroid dienone is 4. The summed E-state index contributed by atoms with van der Waals surface area (Å²) < 4.78 is 7.22. The van der Waals surface area contributed by atoms with Crippen LogP contribution < -0.4 is 20.7 Å². The number of nitrogens with zero attached hydrogens (tertiary/aromatic N) is 6. The van der Waals surface area contributed by atoms with Gasteiger partial charge in [-0.05, 0) is 84.6 Å². The lowest BCUT2D eigenvalue weighted by molar-refractivity contribution is -0.114. The van der Waals surface area contributed by atoms with Gasteiger partial charge in [0.05, 0.1) is 29.3 Å². The number of fused-ring (bicyclic) bond motifs is 2. The number of carbonyl (C=O) groups is 1. The monoisotopic (exact) mass is 661 g/mol. The van der Waals surface area contributed by atoms with E-state index < -0.39 is 5.60 Å². The Labute approximate surface area is 286 Å². The summed E-state index contributed by atoms with van der Waals surface area (Å²) in [5.74, 6) is 0.906. The Morgan fingerprint density at radius 2 is 1.81 bits per heavy atom. The molecule has 48 heavy (non-hydrogen) atoms. The molecular formula is C37H55N7O4. The van der Waals surface area contributed by atoms with E-state index in [0.717, 1.165) is 34.9 Å². The SMILES string of the molecule is C=CC(=O)N1CCN(c2cc3cnc(N/C(C)=C/C=C(\C)OCCN(C)C)nc3n(CC(C)(C)O)c2=O)c2cccc(C)c21.CC.CC. The molecule has 262 valence electrons. The number of aromatic nitrogens is 3. The summed E-state index contributed by atoms with van der Waals surface area (Å²) in [5, 5.41) is 14.6. The number of ether oxygens (including phenoxy) is 1. The van der Waals surface area contributed by atoms with E-state index in [1.54, 1.807) is 31.0 Å². The van der Waals surface area contributed by atoms with Crippen LogP contribution in [0.5, 0.6) is 0 Å². The largest absolute Gasteiger partial charge is 0.497 e. The van der Waals surface area contributed by atoms with Gasteiger partial charge < -0.3 is 29.9 Å². The lowest BCUT2D eigenvalue weighted by Crippen LogP contribution is -2.44. The summed E-state index contributed by atoms with van der Waals surface area (Å²) in [4.78, 5) is 41.7. The minimum Gasteiger partial charge on any atom is -0.497 e. The molecule has 0 unspecified atom stereocenters. The van der Waals surface area contributed by atoms with Crippen molar-refractivity contribution in [2.45, 2.75) is 74.5 Å². The van der Waals surface area contributed by atoms with Gasteiger partial charge in [0.2, 0.25) is 5.95 Å². The molecule has 1 amide bonds. The molecule has 1 aliphatic heterocycles. The molecule has 3 heterocycles. The third kappa shape index (κ3) is 10.3. The fourth-order valence-electron chi connectivity index (χ4n) is 5.05. The maximum absolute atomic E-state index is 14.2. The molecule has 2 N–H and O–H groups in total. The van der Waals surface area contributed by atoms with Crippen LogP contribution in [0.3, 0.4) is 0 Å². The van der Waals surface area contributed by atoms with E-state index in [2.05, 4.69) is 21.8 Å². The molecule has 4 rings (SSSR count). The van der Waals surface area contributed by atoms with Crippen LogP contribution in [0.4, 0.5) is 23.0 Å². The van der Waals surface area contributed by atoms with Crippen molar-refractivity contribution in [2.24, 2.45) is 0 Å². The third-order valence-electron chi connectivity index (χ3n) is 7.15. The van der Waals surface area contributed by atoms with Crippen LogP contribution in [0, 0.1) is 6.92 Å². The molecule has 11 heteroatoms. The van der Waals surface area contributed by atoms with Gasteiger partial charge in [0.1, 0.15) is 17.9 Å². The van der Waals surface area contributed by atoms with Gasteiger partial charge in [0, 0.05) is 36.9 Å². The predicted octanol–water partition coefficient (Wildman–Crippen LogP) is 6.39. The van der Waals surface area contributed by atoms with Gasteiger partial charge in [-0.25, -0.2) is 4.98 Å². The van der Waals surface area contributed by atoms with Crippen LogP contribution in [0.1, 0.15) is 61.0 Å². The quantitative estimate of drug-likeness (QED) is 0.137. The molecule has 0 fully saturated rings. The Kier molecular flexibility index (Phi) is 15.0. The molecule has 1 aromatic carbocycles. The molecule has 0 radical (unpaired) electrons. The Bertz CT molecular complexity index is 1670. The van der Waals surface area contributed by atoms with Crippen molar-refractivity contribution in [3.05, 3.63) is 82.6 Å². The fraction of sp³-hybridized carbons (Fsp3) is 0.459. The second kappa shape index (κ2) is 18.2. The van der Waals surface area contributed by atoms with Crippen LogP contribution in [-0.4, -0.2) is 76.4 Å². The van der Waals surface area contributed by atoms with E-state index in [9.17, 15) is 14.7 Å². The molecule has 3 aromatic rings. The van der Waals surface area contributed by atoms with Gasteiger partial charge in [-0.1, -0.05) is 46.4 Å². The molecule has 0 aliphatic carbocycles. The van der Waals surface area contributed by atoms with Crippen molar-refractivity contribution in [1.82, 2.24) is 19.4 Å². The number of pyridine rings is 1. The number of aryl methyl sites for hydroxylation is 1. The van der Waals surface area contributed by atoms with E-state index in [4.69, 9.17) is 9.72 Å². The van der Waals surface area contributed by atoms with Gasteiger partial charge in [0.15, 0.2) is 0 Å². The zero-order valence-electron chi connectivity index (χ0n) is 30.7. The van der Waals surface area contributed by atoms with Crippen LogP contribution in [0.15, 0.2) is 71.5 Å². The molecule has 0 saturated carbocycles. The number of likely N-dealkylation sites (N-methyl/N-ethyl adjacent to an activating group) is 1. The molecule has 2 aromatic heterocycles. The average Bonchev–Trinajstić information content (AvgIpc) is 3.05. The van der Waals surface area contributed by atoms with Crippen molar-refractivity contribution >= 4 is 40.0 Å². The second-order valence-corrected chi connectivity index (χ2v) is 11.9. The smallest absolute Gasteiger partial charge is 0.276 e. The van der Waals surface area contributed by atoms with Crippen LogP contribution in [-0.2, 0) is 16.1 Å². The first kappa shape index (κ1) is 39.7. The summed E-state index contributed by atoms with van der Waals surface area (Å²) in [6.45, 7) is 22.9. The Morgan fingerprint density at radius 1 is 1.12 bits per heavy atom. The molecule has 0 bridgehead atoms. The van der Waals surface area contributed by atoms with E-state index in [-0.39, 0.29) is 18.0 Å². The van der Waals surface area contributed by atoms with E-state index in [1.807, 2.05) is 97.8 Å². The highest BCUT2D eigenvalue weighted by molar-refractivity contribution is 6.05. The summed E-state index contributed by atoms with van der Waals surface area (Å²) in [6.07, 6.45) is 6.72.